The van der Waals surface area contributed by atoms with E-state index in [2.05, 4.69) is 15.9 Å². The summed E-state index contributed by atoms with van der Waals surface area (Å²) in [5.74, 6) is 0.818. The minimum Gasteiger partial charge on any atom is -0.497 e. The first-order valence-electron chi connectivity index (χ1n) is 4.55. The molecular formula is C11H15BrO2. The Hall–Kier alpha value is -0.540. The second-order valence-electron chi connectivity index (χ2n) is 3.45. The van der Waals surface area contributed by atoms with Gasteiger partial charge in [-0.1, -0.05) is 15.9 Å². The highest BCUT2D eigenvalue weighted by molar-refractivity contribution is 9.10. The van der Waals surface area contributed by atoms with Gasteiger partial charge in [-0.05, 0) is 43.5 Å². The highest BCUT2D eigenvalue weighted by Crippen LogP contribution is 2.27. The fourth-order valence-corrected chi connectivity index (χ4v) is 1.84. The van der Waals surface area contributed by atoms with Crippen molar-refractivity contribution in [3.63, 3.8) is 0 Å². The fraction of sp³-hybridized carbons (Fsp3) is 0.455. The van der Waals surface area contributed by atoms with Gasteiger partial charge in [-0.15, -0.1) is 0 Å². The number of aliphatic hydroxyl groups excluding tert-OH is 1. The maximum Gasteiger partial charge on any atom is 0.120 e. The number of halogens is 1. The van der Waals surface area contributed by atoms with Crippen LogP contribution in [0.15, 0.2) is 16.6 Å². The standard InChI is InChI=1S/C11H15BrO2/c1-7(13)4-9-5-10(14-3)6-11(12)8(9)2/h5-7,13H,4H2,1-3H3. The SMILES string of the molecule is COc1cc(Br)c(C)c(CC(C)O)c1. The first-order chi connectivity index (χ1) is 6.54. The zero-order chi connectivity index (χ0) is 10.7. The largest absolute Gasteiger partial charge is 0.497 e. The van der Waals surface area contributed by atoms with Gasteiger partial charge in [0, 0.05) is 4.47 Å². The minimum absolute atomic E-state index is 0.326. The van der Waals surface area contributed by atoms with Crippen LogP contribution in [0.4, 0.5) is 0 Å². The number of ether oxygens (including phenoxy) is 1. The van der Waals surface area contributed by atoms with Crippen molar-refractivity contribution >= 4 is 15.9 Å². The molecule has 0 radical (unpaired) electrons. The van der Waals surface area contributed by atoms with Crippen molar-refractivity contribution in [1.29, 1.82) is 0 Å². The summed E-state index contributed by atoms with van der Waals surface area (Å²) in [6.45, 7) is 3.81. The molecule has 0 bridgehead atoms. The maximum atomic E-state index is 9.33. The molecule has 0 aromatic heterocycles. The second-order valence-corrected chi connectivity index (χ2v) is 4.30. The topological polar surface area (TPSA) is 29.5 Å². The van der Waals surface area contributed by atoms with Crippen LogP contribution in [-0.4, -0.2) is 18.3 Å². The van der Waals surface area contributed by atoms with Crippen molar-refractivity contribution in [2.45, 2.75) is 26.4 Å². The molecule has 1 rings (SSSR count). The van der Waals surface area contributed by atoms with Gasteiger partial charge >= 0.3 is 0 Å². The highest BCUT2D eigenvalue weighted by Gasteiger charge is 2.08. The van der Waals surface area contributed by atoms with Crippen molar-refractivity contribution < 1.29 is 9.84 Å². The molecule has 14 heavy (non-hydrogen) atoms. The van der Waals surface area contributed by atoms with Crippen molar-refractivity contribution in [3.05, 3.63) is 27.7 Å². The molecule has 0 heterocycles. The Labute approximate surface area is 93.0 Å². The molecule has 1 aromatic carbocycles. The van der Waals surface area contributed by atoms with Crippen LogP contribution in [0.1, 0.15) is 18.1 Å². The molecule has 2 nitrogen and oxygen atoms in total. The Morgan fingerprint density at radius 1 is 1.50 bits per heavy atom. The summed E-state index contributed by atoms with van der Waals surface area (Å²) < 4.78 is 6.18. The van der Waals surface area contributed by atoms with E-state index in [9.17, 15) is 5.11 Å². The lowest BCUT2D eigenvalue weighted by Crippen LogP contribution is -2.06. The van der Waals surface area contributed by atoms with Gasteiger partial charge < -0.3 is 9.84 Å². The molecule has 0 aliphatic heterocycles. The summed E-state index contributed by atoms with van der Waals surface area (Å²) in [4.78, 5) is 0. The number of rotatable bonds is 3. The Balaban J connectivity index is 3.07. The van der Waals surface area contributed by atoms with Gasteiger partial charge in [-0.25, -0.2) is 0 Å². The Morgan fingerprint density at radius 3 is 2.64 bits per heavy atom. The van der Waals surface area contributed by atoms with E-state index >= 15 is 0 Å². The summed E-state index contributed by atoms with van der Waals surface area (Å²) >= 11 is 3.47. The molecule has 3 heteroatoms. The third-order valence-electron chi connectivity index (χ3n) is 2.18. The van der Waals surface area contributed by atoms with Gasteiger partial charge in [0.05, 0.1) is 13.2 Å². The van der Waals surface area contributed by atoms with Gasteiger partial charge in [0.1, 0.15) is 5.75 Å². The van der Waals surface area contributed by atoms with E-state index in [0.29, 0.717) is 6.42 Å². The summed E-state index contributed by atoms with van der Waals surface area (Å²) in [6.07, 6.45) is 0.328. The molecule has 78 valence electrons. The molecule has 1 N–H and O–H groups in total. The predicted molar refractivity (Wildman–Crippen MR) is 60.8 cm³/mol. The Bertz CT molecular complexity index is 321. The second kappa shape index (κ2) is 4.80. The van der Waals surface area contributed by atoms with E-state index in [-0.39, 0.29) is 6.10 Å². The maximum absolute atomic E-state index is 9.33. The molecule has 0 saturated heterocycles. The minimum atomic E-state index is -0.326. The number of aliphatic hydroxyl groups is 1. The van der Waals surface area contributed by atoms with Crippen LogP contribution in [0.2, 0.25) is 0 Å². The number of benzene rings is 1. The quantitative estimate of drug-likeness (QED) is 0.904. The Morgan fingerprint density at radius 2 is 2.14 bits per heavy atom. The van der Waals surface area contributed by atoms with Gasteiger partial charge in [-0.2, -0.15) is 0 Å². The van der Waals surface area contributed by atoms with Crippen LogP contribution in [-0.2, 0) is 6.42 Å². The molecule has 0 aliphatic carbocycles. The van der Waals surface area contributed by atoms with E-state index in [1.165, 1.54) is 0 Å². The summed E-state index contributed by atoms with van der Waals surface area (Å²) in [7, 11) is 1.64. The van der Waals surface area contributed by atoms with Crippen molar-refractivity contribution in [2.75, 3.05) is 7.11 Å². The van der Waals surface area contributed by atoms with Crippen LogP contribution in [0.3, 0.4) is 0 Å². The molecule has 1 aromatic rings. The van der Waals surface area contributed by atoms with Crippen LogP contribution >= 0.6 is 15.9 Å². The van der Waals surface area contributed by atoms with Crippen LogP contribution in [0.25, 0.3) is 0 Å². The van der Waals surface area contributed by atoms with E-state index < -0.39 is 0 Å². The number of methoxy groups -OCH3 is 1. The van der Waals surface area contributed by atoms with Gasteiger partial charge in [0.15, 0.2) is 0 Å². The predicted octanol–water partition coefficient (Wildman–Crippen LogP) is 2.69. The molecular weight excluding hydrogens is 244 g/mol. The van der Waals surface area contributed by atoms with E-state index in [4.69, 9.17) is 4.74 Å². The van der Waals surface area contributed by atoms with Gasteiger partial charge in [0.2, 0.25) is 0 Å². The average molecular weight is 259 g/mol. The number of hydrogen-bond donors (Lipinski definition) is 1. The Kier molecular flexibility index (Phi) is 3.96. The zero-order valence-electron chi connectivity index (χ0n) is 8.67. The molecule has 0 aliphatic rings. The fourth-order valence-electron chi connectivity index (χ4n) is 1.36. The third-order valence-corrected chi connectivity index (χ3v) is 3.00. The molecule has 0 amide bonds. The van der Waals surface area contributed by atoms with Crippen LogP contribution < -0.4 is 4.74 Å². The number of hydrogen-bond acceptors (Lipinski definition) is 2. The smallest absolute Gasteiger partial charge is 0.120 e. The molecule has 1 unspecified atom stereocenters. The molecule has 0 spiro atoms. The normalized spacial score (nSPS) is 12.6. The average Bonchev–Trinajstić information content (AvgIpc) is 2.11. The lowest BCUT2D eigenvalue weighted by molar-refractivity contribution is 0.195. The third kappa shape index (κ3) is 2.72. The summed E-state index contributed by atoms with van der Waals surface area (Å²) in [6, 6.07) is 3.90. The summed E-state index contributed by atoms with van der Waals surface area (Å²) in [5.41, 5.74) is 2.28. The van der Waals surface area contributed by atoms with Crippen molar-refractivity contribution in [2.24, 2.45) is 0 Å². The van der Waals surface area contributed by atoms with E-state index in [1.807, 2.05) is 19.1 Å². The van der Waals surface area contributed by atoms with Gasteiger partial charge in [0.25, 0.3) is 0 Å². The molecule has 0 saturated carbocycles. The first kappa shape index (κ1) is 11.5. The first-order valence-corrected chi connectivity index (χ1v) is 5.35. The van der Waals surface area contributed by atoms with E-state index in [1.54, 1.807) is 14.0 Å². The van der Waals surface area contributed by atoms with Crippen LogP contribution in [0, 0.1) is 6.92 Å². The molecule has 0 fully saturated rings. The molecule has 1 atom stereocenters. The lowest BCUT2D eigenvalue weighted by atomic mass is 10.0. The highest BCUT2D eigenvalue weighted by atomic mass is 79.9. The van der Waals surface area contributed by atoms with Crippen molar-refractivity contribution in [3.8, 4) is 5.75 Å². The van der Waals surface area contributed by atoms with E-state index in [0.717, 1.165) is 21.3 Å². The lowest BCUT2D eigenvalue weighted by Gasteiger charge is -2.11. The summed E-state index contributed by atoms with van der Waals surface area (Å²) in [5, 5.41) is 9.33. The van der Waals surface area contributed by atoms with Gasteiger partial charge in [-0.3, -0.25) is 0 Å². The monoisotopic (exact) mass is 258 g/mol. The van der Waals surface area contributed by atoms with Crippen LogP contribution in [0.5, 0.6) is 5.75 Å². The van der Waals surface area contributed by atoms with Crippen molar-refractivity contribution in [1.82, 2.24) is 0 Å². The zero-order valence-corrected chi connectivity index (χ0v) is 10.3.